The summed E-state index contributed by atoms with van der Waals surface area (Å²) >= 11 is 0. The molecule has 0 saturated heterocycles. The van der Waals surface area contributed by atoms with Crippen LogP contribution in [0.5, 0.6) is 17.2 Å². The van der Waals surface area contributed by atoms with Crippen LogP contribution in [0.1, 0.15) is 17.5 Å². The van der Waals surface area contributed by atoms with Crippen molar-refractivity contribution in [1.82, 2.24) is 5.32 Å². The summed E-state index contributed by atoms with van der Waals surface area (Å²) in [6.45, 7) is 0.512. The van der Waals surface area contributed by atoms with Crippen LogP contribution in [0.3, 0.4) is 0 Å². The Bertz CT molecular complexity index is 1230. The van der Waals surface area contributed by atoms with Crippen LogP contribution in [0, 0.1) is 0 Å². The highest BCUT2D eigenvalue weighted by Crippen LogP contribution is 2.28. The van der Waals surface area contributed by atoms with Crippen LogP contribution in [-0.2, 0) is 27.8 Å². The smallest absolute Gasteiger partial charge is 0.240 e. The summed E-state index contributed by atoms with van der Waals surface area (Å²) in [5, 5.41) is 2.80. The first-order valence-electron chi connectivity index (χ1n) is 11.5. The zero-order valence-corrected chi connectivity index (χ0v) is 21.6. The molecule has 0 spiro atoms. The van der Waals surface area contributed by atoms with Crippen LogP contribution < -0.4 is 23.8 Å². The number of methoxy groups -OCH3 is 2. The molecule has 0 aromatic heterocycles. The van der Waals surface area contributed by atoms with Crippen molar-refractivity contribution in [2.24, 2.45) is 0 Å². The van der Waals surface area contributed by atoms with Gasteiger partial charge >= 0.3 is 0 Å². The Balaban J connectivity index is 1.52. The van der Waals surface area contributed by atoms with Gasteiger partial charge in [-0.05, 0) is 60.4 Å². The monoisotopic (exact) mass is 512 g/mol. The molecule has 36 heavy (non-hydrogen) atoms. The summed E-state index contributed by atoms with van der Waals surface area (Å²) in [5.41, 5.74) is 2.47. The van der Waals surface area contributed by atoms with E-state index in [-0.39, 0.29) is 12.5 Å². The number of amides is 1. The standard InChI is InChI=1S/C27H32N2O6S/c1-33-25-16-11-21(18-26(25)34-2)10-7-17-28-27(30)19-29(36(3,31)32)23-12-14-24(15-13-23)35-20-22-8-5-4-6-9-22/h4-6,8-9,11-16,18H,7,10,17,19-20H2,1-3H3,(H,28,30). The van der Waals surface area contributed by atoms with Gasteiger partial charge in [0.05, 0.1) is 26.2 Å². The summed E-state index contributed by atoms with van der Waals surface area (Å²) in [6.07, 6.45) is 2.49. The highest BCUT2D eigenvalue weighted by Gasteiger charge is 2.20. The SMILES string of the molecule is COc1ccc(CCCNC(=O)CN(c2ccc(OCc3ccccc3)cc2)S(C)(=O)=O)cc1OC. The summed E-state index contributed by atoms with van der Waals surface area (Å²) < 4.78 is 42.2. The molecule has 1 amide bonds. The number of benzene rings is 3. The minimum absolute atomic E-state index is 0.306. The first-order chi connectivity index (χ1) is 17.3. The predicted molar refractivity (Wildman–Crippen MR) is 140 cm³/mol. The van der Waals surface area contributed by atoms with Crippen molar-refractivity contribution in [1.29, 1.82) is 0 Å². The minimum atomic E-state index is -3.66. The van der Waals surface area contributed by atoms with Crippen LogP contribution in [0.4, 0.5) is 5.69 Å². The van der Waals surface area contributed by atoms with Crippen molar-refractivity contribution in [3.8, 4) is 17.2 Å². The first kappa shape index (κ1) is 26.9. The average molecular weight is 513 g/mol. The molecule has 0 unspecified atom stereocenters. The molecule has 3 aromatic rings. The predicted octanol–water partition coefficient (Wildman–Crippen LogP) is 3.80. The van der Waals surface area contributed by atoms with Gasteiger partial charge in [-0.2, -0.15) is 0 Å². The molecule has 3 rings (SSSR count). The van der Waals surface area contributed by atoms with E-state index in [1.165, 1.54) is 0 Å². The Labute approximate surface area is 212 Å². The van der Waals surface area contributed by atoms with Crippen molar-refractivity contribution in [3.05, 3.63) is 83.9 Å². The lowest BCUT2D eigenvalue weighted by Crippen LogP contribution is -2.40. The molecular weight excluding hydrogens is 480 g/mol. The van der Waals surface area contributed by atoms with Gasteiger partial charge in [-0.3, -0.25) is 9.10 Å². The lowest BCUT2D eigenvalue weighted by Gasteiger charge is -2.22. The fourth-order valence-electron chi connectivity index (χ4n) is 3.59. The van der Waals surface area contributed by atoms with E-state index < -0.39 is 10.0 Å². The van der Waals surface area contributed by atoms with Gasteiger partial charge in [0.2, 0.25) is 15.9 Å². The second-order valence-electron chi connectivity index (χ2n) is 8.18. The highest BCUT2D eigenvalue weighted by atomic mass is 32.2. The van der Waals surface area contributed by atoms with Gasteiger partial charge in [0.1, 0.15) is 18.9 Å². The van der Waals surface area contributed by atoms with E-state index >= 15 is 0 Å². The van der Waals surface area contributed by atoms with E-state index in [4.69, 9.17) is 14.2 Å². The van der Waals surface area contributed by atoms with Gasteiger partial charge < -0.3 is 19.5 Å². The highest BCUT2D eigenvalue weighted by molar-refractivity contribution is 7.92. The maximum atomic E-state index is 12.5. The Morgan fingerprint density at radius 1 is 0.889 bits per heavy atom. The maximum Gasteiger partial charge on any atom is 0.240 e. The van der Waals surface area contributed by atoms with Gasteiger partial charge in [-0.25, -0.2) is 8.42 Å². The van der Waals surface area contributed by atoms with Crippen molar-refractivity contribution in [2.75, 3.05) is 37.9 Å². The second kappa shape index (κ2) is 12.8. The number of nitrogens with one attached hydrogen (secondary N) is 1. The fraction of sp³-hybridized carbons (Fsp3) is 0.296. The fourth-order valence-corrected chi connectivity index (χ4v) is 4.45. The number of anilines is 1. The van der Waals surface area contributed by atoms with E-state index in [1.54, 1.807) is 38.5 Å². The number of ether oxygens (including phenoxy) is 3. The van der Waals surface area contributed by atoms with E-state index in [0.29, 0.717) is 42.5 Å². The molecule has 8 nitrogen and oxygen atoms in total. The number of hydrogen-bond acceptors (Lipinski definition) is 6. The quantitative estimate of drug-likeness (QED) is 0.350. The summed E-state index contributed by atoms with van der Waals surface area (Å²) in [6, 6.07) is 22.1. The molecule has 1 N–H and O–H groups in total. The minimum Gasteiger partial charge on any atom is -0.493 e. The van der Waals surface area contributed by atoms with Crippen LogP contribution >= 0.6 is 0 Å². The van der Waals surface area contributed by atoms with Crippen molar-refractivity contribution in [3.63, 3.8) is 0 Å². The number of nitrogens with zero attached hydrogens (tertiary/aromatic N) is 1. The van der Waals surface area contributed by atoms with Crippen molar-refractivity contribution in [2.45, 2.75) is 19.4 Å². The third-order valence-corrected chi connectivity index (χ3v) is 6.61. The number of hydrogen-bond donors (Lipinski definition) is 1. The Kier molecular flexibility index (Phi) is 9.58. The molecule has 9 heteroatoms. The first-order valence-corrected chi connectivity index (χ1v) is 13.4. The molecule has 0 aliphatic rings. The van der Waals surface area contributed by atoms with Gasteiger partial charge in [0.15, 0.2) is 11.5 Å². The van der Waals surface area contributed by atoms with E-state index in [9.17, 15) is 13.2 Å². The third-order valence-electron chi connectivity index (χ3n) is 5.47. The molecule has 0 saturated carbocycles. The molecule has 0 atom stereocenters. The molecule has 0 bridgehead atoms. The van der Waals surface area contributed by atoms with Crippen molar-refractivity contribution >= 4 is 21.6 Å². The number of aryl methyl sites for hydroxylation is 1. The third kappa shape index (κ3) is 7.91. The molecule has 0 aliphatic carbocycles. The molecule has 3 aromatic carbocycles. The number of sulfonamides is 1. The maximum absolute atomic E-state index is 12.5. The van der Waals surface area contributed by atoms with Crippen LogP contribution in [0.25, 0.3) is 0 Å². The van der Waals surface area contributed by atoms with Crippen LogP contribution in [-0.4, -0.2) is 47.9 Å². The molecule has 0 fully saturated rings. The lowest BCUT2D eigenvalue weighted by atomic mass is 10.1. The number of rotatable bonds is 13. The number of carbonyl (C=O) groups is 1. The largest absolute Gasteiger partial charge is 0.493 e. The normalized spacial score (nSPS) is 11.0. The van der Waals surface area contributed by atoms with Crippen LogP contribution in [0.2, 0.25) is 0 Å². The topological polar surface area (TPSA) is 94.2 Å². The summed E-state index contributed by atoms with van der Waals surface area (Å²) in [7, 11) is -0.495. The molecule has 192 valence electrons. The molecule has 0 heterocycles. The molecular formula is C27H32N2O6S. The van der Waals surface area contributed by atoms with Crippen LogP contribution in [0.15, 0.2) is 72.8 Å². The van der Waals surface area contributed by atoms with E-state index in [2.05, 4.69) is 5.32 Å². The van der Waals surface area contributed by atoms with E-state index in [0.717, 1.165) is 28.1 Å². The van der Waals surface area contributed by atoms with Gasteiger partial charge in [0, 0.05) is 6.54 Å². The molecule has 0 aliphatic heterocycles. The molecule has 0 radical (unpaired) electrons. The van der Waals surface area contributed by atoms with Gasteiger partial charge in [-0.15, -0.1) is 0 Å². The number of carbonyl (C=O) groups excluding carboxylic acids is 1. The van der Waals surface area contributed by atoms with E-state index in [1.807, 2.05) is 48.5 Å². The Morgan fingerprint density at radius 3 is 2.22 bits per heavy atom. The zero-order chi connectivity index (χ0) is 26.0. The summed E-state index contributed by atoms with van der Waals surface area (Å²) in [5.74, 6) is 1.54. The average Bonchev–Trinajstić information content (AvgIpc) is 2.88. The van der Waals surface area contributed by atoms with Crippen molar-refractivity contribution < 1.29 is 27.4 Å². The van der Waals surface area contributed by atoms with Gasteiger partial charge in [0.25, 0.3) is 0 Å². The zero-order valence-electron chi connectivity index (χ0n) is 20.8. The summed E-state index contributed by atoms with van der Waals surface area (Å²) in [4.78, 5) is 12.5. The lowest BCUT2D eigenvalue weighted by molar-refractivity contribution is -0.119. The Hall–Kier alpha value is -3.72. The van der Waals surface area contributed by atoms with Gasteiger partial charge in [-0.1, -0.05) is 36.4 Å². The Morgan fingerprint density at radius 2 is 1.58 bits per heavy atom. The second-order valence-corrected chi connectivity index (χ2v) is 10.1.